The second-order valence-corrected chi connectivity index (χ2v) is 6.49. The molecule has 0 aliphatic carbocycles. The Hall–Kier alpha value is -2.80. The van der Waals surface area contributed by atoms with E-state index in [2.05, 4.69) is 4.98 Å². The van der Waals surface area contributed by atoms with Crippen LogP contribution in [0.15, 0.2) is 42.5 Å². The van der Waals surface area contributed by atoms with Crippen LogP contribution in [0.2, 0.25) is 0 Å². The molecule has 24 heavy (non-hydrogen) atoms. The highest BCUT2D eigenvalue weighted by molar-refractivity contribution is 7.18. The lowest BCUT2D eigenvalue weighted by molar-refractivity contribution is -0.384. The van der Waals surface area contributed by atoms with Gasteiger partial charge in [0.25, 0.3) is 5.69 Å². The van der Waals surface area contributed by atoms with E-state index in [1.165, 1.54) is 6.07 Å². The molecule has 0 radical (unpaired) electrons. The summed E-state index contributed by atoms with van der Waals surface area (Å²) in [6.07, 6.45) is 0.605. The molecule has 1 atom stereocenters. The van der Waals surface area contributed by atoms with E-state index in [4.69, 9.17) is 0 Å². The molecule has 0 amide bonds. The number of carbonyl (C=O) groups excluding carboxylic acids is 1. The Morgan fingerprint density at radius 2 is 2.04 bits per heavy atom. The molecule has 3 aromatic rings. The first-order valence-electron chi connectivity index (χ1n) is 7.33. The van der Waals surface area contributed by atoms with Crippen LogP contribution in [0.4, 0.5) is 11.4 Å². The van der Waals surface area contributed by atoms with E-state index < -0.39 is 4.92 Å². The summed E-state index contributed by atoms with van der Waals surface area (Å²) in [4.78, 5) is 28.2. The van der Waals surface area contributed by atoms with Crippen molar-refractivity contribution in [3.05, 3.63) is 63.1 Å². The maximum atomic E-state index is 11.3. The average molecular weight is 341 g/mol. The number of carbonyl (C=O) groups is 1. The fourth-order valence-electron chi connectivity index (χ4n) is 2.50. The first kappa shape index (κ1) is 16.1. The quantitative estimate of drug-likeness (QED) is 0.394. The van der Waals surface area contributed by atoms with Crippen LogP contribution in [0, 0.1) is 10.1 Å². The number of nitro benzene ring substituents is 1. The monoisotopic (exact) mass is 341 g/mol. The fraction of sp³-hybridized carbons (Fsp3) is 0.176. The third-order valence-corrected chi connectivity index (χ3v) is 5.17. The van der Waals surface area contributed by atoms with Crippen molar-refractivity contribution >= 4 is 39.2 Å². The topological polar surface area (TPSA) is 76.3 Å². The Balaban J connectivity index is 1.99. The van der Waals surface area contributed by atoms with E-state index in [9.17, 15) is 14.9 Å². The number of thiazole rings is 1. The minimum atomic E-state index is -0.468. The van der Waals surface area contributed by atoms with Gasteiger partial charge in [-0.2, -0.15) is 0 Å². The molecule has 0 saturated carbocycles. The van der Waals surface area contributed by atoms with E-state index in [1.807, 2.05) is 36.1 Å². The normalized spacial score (nSPS) is 12.1. The molecule has 0 aliphatic rings. The van der Waals surface area contributed by atoms with Crippen molar-refractivity contribution in [3.63, 3.8) is 0 Å². The van der Waals surface area contributed by atoms with Crippen molar-refractivity contribution < 1.29 is 9.72 Å². The summed E-state index contributed by atoms with van der Waals surface area (Å²) in [6, 6.07) is 12.2. The van der Waals surface area contributed by atoms with Gasteiger partial charge in [0, 0.05) is 18.7 Å². The van der Waals surface area contributed by atoms with Gasteiger partial charge in [0.1, 0.15) is 17.0 Å². The summed E-state index contributed by atoms with van der Waals surface area (Å²) in [5, 5.41) is 12.2. The number of hydrogen-bond acceptors (Lipinski definition) is 6. The van der Waals surface area contributed by atoms with E-state index in [0.717, 1.165) is 15.2 Å². The molecular formula is C17H15N3O3S. The number of hydrogen-bond donors (Lipinski definition) is 0. The number of anilines is 1. The van der Waals surface area contributed by atoms with Crippen molar-refractivity contribution in [3.8, 4) is 0 Å². The summed E-state index contributed by atoms with van der Waals surface area (Å²) in [5.41, 5.74) is 1.57. The molecule has 0 unspecified atom stereocenters. The van der Waals surface area contributed by atoms with Crippen LogP contribution in [-0.4, -0.2) is 23.2 Å². The lowest BCUT2D eigenvalue weighted by Crippen LogP contribution is -2.22. The molecule has 3 rings (SSSR count). The minimum Gasteiger partial charge on any atom is -0.360 e. The number of para-hydroxylation sites is 1. The minimum absolute atomic E-state index is 0.0879. The third kappa shape index (κ3) is 2.85. The van der Waals surface area contributed by atoms with E-state index >= 15 is 0 Å². The zero-order chi connectivity index (χ0) is 17.3. The van der Waals surface area contributed by atoms with Crippen LogP contribution in [0.1, 0.15) is 28.3 Å². The summed E-state index contributed by atoms with van der Waals surface area (Å²) < 4.78 is 1.08. The van der Waals surface area contributed by atoms with Gasteiger partial charge >= 0.3 is 0 Å². The van der Waals surface area contributed by atoms with Gasteiger partial charge in [-0.1, -0.05) is 12.1 Å². The highest BCUT2D eigenvalue weighted by Crippen LogP contribution is 2.35. The maximum absolute atomic E-state index is 11.3. The van der Waals surface area contributed by atoms with Crippen molar-refractivity contribution in [2.45, 2.75) is 13.0 Å². The zero-order valence-electron chi connectivity index (χ0n) is 13.2. The van der Waals surface area contributed by atoms with Gasteiger partial charge in [0.05, 0.1) is 21.2 Å². The second kappa shape index (κ2) is 6.37. The van der Waals surface area contributed by atoms with Crippen LogP contribution in [0.25, 0.3) is 10.2 Å². The molecule has 7 heteroatoms. The summed E-state index contributed by atoms with van der Waals surface area (Å²) in [5.74, 6) is 0. The predicted molar refractivity (Wildman–Crippen MR) is 94.9 cm³/mol. The van der Waals surface area contributed by atoms with Crippen LogP contribution in [-0.2, 0) is 0 Å². The van der Waals surface area contributed by atoms with Gasteiger partial charge in [-0.05, 0) is 31.2 Å². The predicted octanol–water partition coefficient (Wildman–Crippen LogP) is 4.21. The molecule has 0 spiro atoms. The Bertz CT molecular complexity index is 889. The highest BCUT2D eigenvalue weighted by Gasteiger charge is 2.23. The zero-order valence-corrected chi connectivity index (χ0v) is 14.0. The molecule has 1 heterocycles. The number of nitro groups is 1. The standard InChI is InChI=1S/C17H15N3O3S/c1-11(17-18-13-5-3-4-6-16(13)24-17)19(2)14-8-7-12(10-21)9-15(14)20(22)23/h3-11H,1-2H3/t11-/m1/s1. The Morgan fingerprint density at radius 3 is 2.71 bits per heavy atom. The molecule has 0 fully saturated rings. The van der Waals surface area contributed by atoms with Crippen LogP contribution >= 0.6 is 11.3 Å². The first-order valence-corrected chi connectivity index (χ1v) is 8.15. The molecule has 0 aliphatic heterocycles. The van der Waals surface area contributed by atoms with E-state index in [-0.39, 0.29) is 17.3 Å². The van der Waals surface area contributed by atoms with Gasteiger partial charge in [-0.25, -0.2) is 4.98 Å². The van der Waals surface area contributed by atoms with Gasteiger partial charge in [0.2, 0.25) is 0 Å². The lowest BCUT2D eigenvalue weighted by atomic mass is 10.1. The summed E-state index contributed by atoms with van der Waals surface area (Å²) in [6.45, 7) is 1.95. The van der Waals surface area contributed by atoms with Crippen molar-refractivity contribution in [1.29, 1.82) is 0 Å². The van der Waals surface area contributed by atoms with Crippen LogP contribution in [0.3, 0.4) is 0 Å². The lowest BCUT2D eigenvalue weighted by Gasteiger charge is -2.25. The second-order valence-electron chi connectivity index (χ2n) is 5.43. The molecule has 0 saturated heterocycles. The van der Waals surface area contributed by atoms with Gasteiger partial charge in [-0.3, -0.25) is 14.9 Å². The number of fused-ring (bicyclic) bond motifs is 1. The summed E-state index contributed by atoms with van der Waals surface area (Å²) >= 11 is 1.57. The van der Waals surface area contributed by atoms with Crippen molar-refractivity contribution in [2.75, 3.05) is 11.9 Å². The van der Waals surface area contributed by atoms with Gasteiger partial charge < -0.3 is 4.90 Å². The average Bonchev–Trinajstić information content (AvgIpc) is 3.03. The van der Waals surface area contributed by atoms with Crippen LogP contribution < -0.4 is 4.90 Å². The molecule has 2 aromatic carbocycles. The van der Waals surface area contributed by atoms with Crippen molar-refractivity contribution in [1.82, 2.24) is 4.98 Å². The maximum Gasteiger partial charge on any atom is 0.293 e. The SMILES string of the molecule is C[C@H](c1nc2ccccc2s1)N(C)c1ccc(C=O)cc1[N+](=O)[O-]. The number of aromatic nitrogens is 1. The number of rotatable bonds is 5. The molecule has 6 nitrogen and oxygen atoms in total. The Labute approximate surface area is 142 Å². The molecular weight excluding hydrogens is 326 g/mol. The highest BCUT2D eigenvalue weighted by atomic mass is 32.1. The van der Waals surface area contributed by atoms with E-state index in [1.54, 1.807) is 30.5 Å². The molecule has 122 valence electrons. The Morgan fingerprint density at radius 1 is 1.29 bits per heavy atom. The largest absolute Gasteiger partial charge is 0.360 e. The van der Waals surface area contributed by atoms with Gasteiger partial charge in [-0.15, -0.1) is 11.3 Å². The molecule has 1 aromatic heterocycles. The fourth-order valence-corrected chi connectivity index (χ4v) is 3.56. The summed E-state index contributed by atoms with van der Waals surface area (Å²) in [7, 11) is 1.79. The number of aldehydes is 1. The number of benzene rings is 2. The van der Waals surface area contributed by atoms with E-state index in [0.29, 0.717) is 12.0 Å². The van der Waals surface area contributed by atoms with Gasteiger partial charge in [0.15, 0.2) is 0 Å². The van der Waals surface area contributed by atoms with Crippen molar-refractivity contribution in [2.24, 2.45) is 0 Å². The molecule has 0 bridgehead atoms. The third-order valence-electron chi connectivity index (χ3n) is 3.96. The first-order chi connectivity index (χ1) is 11.5. The number of nitrogens with zero attached hydrogens (tertiary/aromatic N) is 3. The van der Waals surface area contributed by atoms with Crippen LogP contribution in [0.5, 0.6) is 0 Å². The smallest absolute Gasteiger partial charge is 0.293 e. The Kier molecular flexibility index (Phi) is 4.26. The molecule has 0 N–H and O–H groups in total.